The van der Waals surface area contributed by atoms with E-state index >= 15 is 0 Å². The van der Waals surface area contributed by atoms with Crippen molar-refractivity contribution in [1.29, 1.82) is 5.41 Å². The van der Waals surface area contributed by atoms with Gasteiger partial charge >= 0.3 is 0 Å². The number of rotatable bonds is 12. The molecule has 2 fully saturated rings. The van der Waals surface area contributed by atoms with Crippen LogP contribution < -0.4 is 5.32 Å². The number of aryl methyl sites for hydroxylation is 1. The average Bonchev–Trinajstić information content (AvgIpc) is 3.70. The first-order valence-electron chi connectivity index (χ1n) is 13.1. The molecule has 0 amide bonds. The lowest BCUT2D eigenvalue weighted by Crippen LogP contribution is -2.53. The summed E-state index contributed by atoms with van der Waals surface area (Å²) in [5, 5.41) is 13.8. The normalized spacial score (nSPS) is 20.0. The van der Waals surface area contributed by atoms with Crippen molar-refractivity contribution < 1.29 is 14.2 Å². The van der Waals surface area contributed by atoms with Crippen LogP contribution in [-0.2, 0) is 33.9 Å². The smallest absolute Gasteiger partial charge is 0.127 e. The topological polar surface area (TPSA) is 71.7 Å². The third kappa shape index (κ3) is 6.16. The van der Waals surface area contributed by atoms with Crippen molar-refractivity contribution in [2.24, 2.45) is 0 Å². The van der Waals surface area contributed by atoms with Gasteiger partial charge in [0.1, 0.15) is 11.9 Å². The maximum Gasteiger partial charge on any atom is 0.127 e. The molecule has 36 heavy (non-hydrogen) atoms. The fourth-order valence-corrected chi connectivity index (χ4v) is 5.02. The monoisotopic (exact) mass is 490 g/mol. The Hall–Kier alpha value is -2.71. The van der Waals surface area contributed by atoms with Crippen LogP contribution in [0, 0.1) is 5.41 Å². The van der Waals surface area contributed by atoms with Crippen LogP contribution in [0.25, 0.3) is 10.9 Å². The molecular formula is C29H38N4O3. The highest BCUT2D eigenvalue weighted by atomic mass is 16.5. The number of methoxy groups -OCH3 is 1. The lowest BCUT2D eigenvalue weighted by Gasteiger charge is -2.35. The summed E-state index contributed by atoms with van der Waals surface area (Å²) in [4.78, 5) is 2.26. The fourth-order valence-electron chi connectivity index (χ4n) is 5.02. The van der Waals surface area contributed by atoms with E-state index in [2.05, 4.69) is 57.4 Å². The maximum atomic E-state index is 9.11. The van der Waals surface area contributed by atoms with Crippen molar-refractivity contribution >= 4 is 16.7 Å². The van der Waals surface area contributed by atoms with Crippen LogP contribution in [0.4, 0.5) is 0 Å². The standard InChI is InChI=1S/C29H38N4O3/c1-34-15-7-14-32-18-23(26-10-5-6-11-27(26)32)19-33(24-12-13-24)29(30)28-17-31-16-25(36-28)21-35-20-22-8-3-2-4-9-22/h2-6,8-11,18,24-25,28,30-31H,7,12-17,19-21H2,1H3/t25-,28+/m0/s1. The van der Waals surface area contributed by atoms with Crippen LogP contribution in [-0.4, -0.2) is 67.0 Å². The molecule has 2 heterocycles. The minimum absolute atomic E-state index is 0.0587. The first-order chi connectivity index (χ1) is 17.7. The molecule has 1 saturated heterocycles. The molecule has 7 nitrogen and oxygen atoms in total. The number of fused-ring (bicyclic) bond motifs is 1. The Morgan fingerprint density at radius 1 is 1.11 bits per heavy atom. The zero-order chi connectivity index (χ0) is 24.7. The first-order valence-corrected chi connectivity index (χ1v) is 13.1. The molecule has 2 atom stereocenters. The van der Waals surface area contributed by atoms with Gasteiger partial charge in [0, 0.05) is 63.0 Å². The van der Waals surface area contributed by atoms with E-state index < -0.39 is 0 Å². The minimum Gasteiger partial charge on any atom is -0.385 e. The van der Waals surface area contributed by atoms with Crippen molar-refractivity contribution in [3.8, 4) is 0 Å². The zero-order valence-corrected chi connectivity index (χ0v) is 21.2. The molecule has 2 aliphatic rings. The molecule has 1 aliphatic heterocycles. The van der Waals surface area contributed by atoms with E-state index in [9.17, 15) is 0 Å². The largest absolute Gasteiger partial charge is 0.385 e. The summed E-state index contributed by atoms with van der Waals surface area (Å²) in [5.41, 5.74) is 3.68. The van der Waals surface area contributed by atoms with E-state index in [1.165, 1.54) is 16.5 Å². The van der Waals surface area contributed by atoms with Crippen LogP contribution in [0.2, 0.25) is 0 Å². The number of morpholine rings is 1. The maximum absolute atomic E-state index is 9.11. The lowest BCUT2D eigenvalue weighted by atomic mass is 10.1. The minimum atomic E-state index is -0.264. The van der Waals surface area contributed by atoms with Gasteiger partial charge in [0.2, 0.25) is 0 Å². The summed E-state index contributed by atoms with van der Waals surface area (Å²) < 4.78 is 19.9. The van der Waals surface area contributed by atoms with E-state index in [-0.39, 0.29) is 12.2 Å². The molecule has 2 N–H and O–H groups in total. The first kappa shape index (κ1) is 25.0. The Balaban J connectivity index is 1.23. The van der Waals surface area contributed by atoms with Gasteiger partial charge in [0.25, 0.3) is 0 Å². The number of aromatic nitrogens is 1. The number of para-hydroxylation sites is 1. The van der Waals surface area contributed by atoms with E-state index in [1.54, 1.807) is 7.11 Å². The molecule has 7 heteroatoms. The Kier molecular flexibility index (Phi) is 8.33. The quantitative estimate of drug-likeness (QED) is 0.226. The molecule has 5 rings (SSSR count). The van der Waals surface area contributed by atoms with Gasteiger partial charge < -0.3 is 29.0 Å². The Morgan fingerprint density at radius 3 is 2.72 bits per heavy atom. The number of hydrogen-bond acceptors (Lipinski definition) is 5. The van der Waals surface area contributed by atoms with Gasteiger partial charge in [-0.1, -0.05) is 48.5 Å². The molecule has 1 aliphatic carbocycles. The zero-order valence-electron chi connectivity index (χ0n) is 21.2. The Labute approximate surface area is 213 Å². The van der Waals surface area contributed by atoms with Crippen molar-refractivity contribution in [2.45, 2.75) is 57.2 Å². The Bertz CT molecular complexity index is 1130. The molecule has 0 spiro atoms. The van der Waals surface area contributed by atoms with E-state index in [1.807, 2.05) is 18.2 Å². The van der Waals surface area contributed by atoms with Crippen molar-refractivity contribution in [3.05, 3.63) is 71.9 Å². The van der Waals surface area contributed by atoms with E-state index in [0.717, 1.165) is 51.1 Å². The van der Waals surface area contributed by atoms with E-state index in [4.69, 9.17) is 19.6 Å². The predicted molar refractivity (Wildman–Crippen MR) is 142 cm³/mol. The highest BCUT2D eigenvalue weighted by molar-refractivity contribution is 5.87. The molecule has 2 aromatic carbocycles. The molecule has 0 unspecified atom stereocenters. The molecular weight excluding hydrogens is 452 g/mol. The number of hydrogen-bond donors (Lipinski definition) is 2. The van der Waals surface area contributed by atoms with Gasteiger partial charge in [-0.25, -0.2) is 0 Å². The molecule has 0 bridgehead atoms. The SMILES string of the molecule is COCCCn1cc(CN(C(=N)[C@H]2CNC[C@@H](COCc3ccccc3)O2)C2CC2)c2ccccc21. The summed E-state index contributed by atoms with van der Waals surface area (Å²) in [6, 6.07) is 19.2. The third-order valence-corrected chi connectivity index (χ3v) is 7.04. The molecule has 3 aromatic rings. The number of nitrogens with one attached hydrogen (secondary N) is 2. The van der Waals surface area contributed by atoms with Crippen LogP contribution in [0.5, 0.6) is 0 Å². The van der Waals surface area contributed by atoms with Crippen LogP contribution in [0.15, 0.2) is 60.8 Å². The second kappa shape index (κ2) is 12.0. The molecule has 192 valence electrons. The van der Waals surface area contributed by atoms with Gasteiger partial charge in [0.05, 0.1) is 19.3 Å². The lowest BCUT2D eigenvalue weighted by molar-refractivity contribution is -0.0590. The summed E-state index contributed by atoms with van der Waals surface area (Å²) >= 11 is 0. The van der Waals surface area contributed by atoms with E-state index in [0.29, 0.717) is 31.6 Å². The van der Waals surface area contributed by atoms with Gasteiger partial charge in [0.15, 0.2) is 0 Å². The molecule has 0 radical (unpaired) electrons. The van der Waals surface area contributed by atoms with Gasteiger partial charge in [-0.2, -0.15) is 0 Å². The number of nitrogens with zero attached hydrogens (tertiary/aromatic N) is 2. The highest BCUT2D eigenvalue weighted by Crippen LogP contribution is 2.32. The summed E-state index contributed by atoms with van der Waals surface area (Å²) in [6.45, 7) is 4.91. The molecule has 1 saturated carbocycles. The highest BCUT2D eigenvalue weighted by Gasteiger charge is 2.36. The van der Waals surface area contributed by atoms with Crippen molar-refractivity contribution in [2.75, 3.05) is 33.4 Å². The Morgan fingerprint density at radius 2 is 1.92 bits per heavy atom. The van der Waals surface area contributed by atoms with Crippen molar-refractivity contribution in [3.63, 3.8) is 0 Å². The predicted octanol–water partition coefficient (Wildman–Crippen LogP) is 4.19. The van der Waals surface area contributed by atoms with Gasteiger partial charge in [-0.15, -0.1) is 0 Å². The summed E-state index contributed by atoms with van der Waals surface area (Å²) in [7, 11) is 1.75. The third-order valence-electron chi connectivity index (χ3n) is 7.04. The van der Waals surface area contributed by atoms with Crippen molar-refractivity contribution in [1.82, 2.24) is 14.8 Å². The van der Waals surface area contributed by atoms with Crippen LogP contribution in [0.3, 0.4) is 0 Å². The van der Waals surface area contributed by atoms with Crippen LogP contribution in [0.1, 0.15) is 30.4 Å². The van der Waals surface area contributed by atoms with Gasteiger partial charge in [-0.3, -0.25) is 5.41 Å². The van der Waals surface area contributed by atoms with Crippen LogP contribution >= 0.6 is 0 Å². The molecule has 1 aromatic heterocycles. The average molecular weight is 491 g/mol. The number of ether oxygens (including phenoxy) is 3. The second-order valence-electron chi connectivity index (χ2n) is 9.86. The number of benzene rings is 2. The second-order valence-corrected chi connectivity index (χ2v) is 9.86. The summed E-state index contributed by atoms with van der Waals surface area (Å²) in [5.74, 6) is 0.578. The number of amidine groups is 1. The van der Waals surface area contributed by atoms with Gasteiger partial charge in [-0.05, 0) is 36.5 Å². The summed E-state index contributed by atoms with van der Waals surface area (Å²) in [6.07, 6.45) is 5.20. The fraction of sp³-hybridized carbons (Fsp3) is 0.483.